The van der Waals surface area contributed by atoms with Crippen molar-refractivity contribution in [3.8, 4) is 17.2 Å². The second-order valence-corrected chi connectivity index (χ2v) is 7.08. The number of anilines is 1. The van der Waals surface area contributed by atoms with Crippen LogP contribution < -0.4 is 18.9 Å². The second-order valence-electron chi connectivity index (χ2n) is 4.99. The largest absolute Gasteiger partial charge is 0.492 e. The molecule has 1 aliphatic heterocycles. The lowest BCUT2D eigenvalue weighted by atomic mass is 10.3. The van der Waals surface area contributed by atoms with Crippen molar-refractivity contribution < 1.29 is 22.6 Å². The monoisotopic (exact) mass is 369 g/mol. The van der Waals surface area contributed by atoms with Gasteiger partial charge in [0.05, 0.1) is 22.2 Å². The first-order chi connectivity index (χ1) is 11.5. The average molecular weight is 370 g/mol. The maximum atomic E-state index is 12.5. The van der Waals surface area contributed by atoms with Crippen molar-refractivity contribution in [2.75, 3.05) is 24.5 Å². The van der Waals surface area contributed by atoms with Gasteiger partial charge in [0.2, 0.25) is 0 Å². The van der Waals surface area contributed by atoms with Crippen molar-refractivity contribution in [2.24, 2.45) is 0 Å². The summed E-state index contributed by atoms with van der Waals surface area (Å²) in [5, 5.41) is 0.238. The lowest BCUT2D eigenvalue weighted by Crippen LogP contribution is -2.16. The fourth-order valence-electron chi connectivity index (χ4n) is 2.24. The van der Waals surface area contributed by atoms with E-state index in [1.807, 2.05) is 6.92 Å². The number of hydrogen-bond acceptors (Lipinski definition) is 5. The van der Waals surface area contributed by atoms with Crippen molar-refractivity contribution in [3.63, 3.8) is 0 Å². The molecule has 2 aromatic carbocycles. The van der Waals surface area contributed by atoms with E-state index in [0.717, 1.165) is 0 Å². The minimum atomic E-state index is -3.78. The number of benzene rings is 2. The lowest BCUT2D eigenvalue weighted by molar-refractivity contribution is 0.171. The van der Waals surface area contributed by atoms with Gasteiger partial charge in [0.25, 0.3) is 10.0 Å². The van der Waals surface area contributed by atoms with E-state index in [0.29, 0.717) is 42.8 Å². The number of sulfonamides is 1. The van der Waals surface area contributed by atoms with Crippen LogP contribution in [0.1, 0.15) is 6.92 Å². The van der Waals surface area contributed by atoms with Crippen molar-refractivity contribution in [2.45, 2.75) is 11.8 Å². The summed E-state index contributed by atoms with van der Waals surface area (Å²) in [5.74, 6) is 1.54. The Morgan fingerprint density at radius 3 is 2.58 bits per heavy atom. The van der Waals surface area contributed by atoms with Crippen LogP contribution in [0.25, 0.3) is 0 Å². The van der Waals surface area contributed by atoms with Crippen molar-refractivity contribution in [1.29, 1.82) is 0 Å². The van der Waals surface area contributed by atoms with Gasteiger partial charge in [-0.2, -0.15) is 0 Å². The first-order valence-electron chi connectivity index (χ1n) is 7.34. The van der Waals surface area contributed by atoms with Gasteiger partial charge in [-0.1, -0.05) is 11.6 Å². The molecule has 1 heterocycles. The van der Waals surface area contributed by atoms with E-state index < -0.39 is 10.0 Å². The van der Waals surface area contributed by atoms with Gasteiger partial charge in [-0.3, -0.25) is 4.72 Å². The molecule has 0 amide bonds. The minimum absolute atomic E-state index is 0.0471. The number of fused-ring (bicyclic) bond motifs is 1. The van der Waals surface area contributed by atoms with Gasteiger partial charge in [0.15, 0.2) is 11.5 Å². The maximum absolute atomic E-state index is 12.5. The molecule has 2 aromatic rings. The Balaban J connectivity index is 1.84. The van der Waals surface area contributed by atoms with Gasteiger partial charge in [0.1, 0.15) is 19.0 Å². The van der Waals surface area contributed by atoms with Crippen LogP contribution >= 0.6 is 11.6 Å². The molecule has 8 heteroatoms. The summed E-state index contributed by atoms with van der Waals surface area (Å²) >= 11 is 6.06. The summed E-state index contributed by atoms with van der Waals surface area (Å²) in [6.07, 6.45) is 0. The van der Waals surface area contributed by atoms with Crippen LogP contribution in [0.15, 0.2) is 41.3 Å². The molecule has 0 aromatic heterocycles. The van der Waals surface area contributed by atoms with Crippen molar-refractivity contribution in [3.05, 3.63) is 41.4 Å². The highest BCUT2D eigenvalue weighted by Gasteiger charge is 2.18. The van der Waals surface area contributed by atoms with Gasteiger partial charge < -0.3 is 14.2 Å². The summed E-state index contributed by atoms with van der Waals surface area (Å²) in [4.78, 5) is 0.0471. The molecule has 24 heavy (non-hydrogen) atoms. The SMILES string of the molecule is CCOc1ccc(S(=O)(=O)Nc2ccc3c(c2)OCCO3)cc1Cl. The van der Waals surface area contributed by atoms with Gasteiger partial charge in [-0.15, -0.1) is 0 Å². The first kappa shape index (κ1) is 16.7. The van der Waals surface area contributed by atoms with Crippen LogP contribution in [0, 0.1) is 0 Å². The standard InChI is InChI=1S/C16H16ClNO5S/c1-2-21-14-6-4-12(10-13(14)17)24(19,20)18-11-3-5-15-16(9-11)23-8-7-22-15/h3-6,9-10,18H,2,7-8H2,1H3. The smallest absolute Gasteiger partial charge is 0.261 e. The van der Waals surface area contributed by atoms with Crippen molar-refractivity contribution in [1.82, 2.24) is 0 Å². The lowest BCUT2D eigenvalue weighted by Gasteiger charge is -2.19. The molecule has 0 aliphatic carbocycles. The van der Waals surface area contributed by atoms with Gasteiger partial charge in [0, 0.05) is 6.07 Å². The Kier molecular flexibility index (Phi) is 4.73. The summed E-state index contributed by atoms with van der Waals surface area (Å²) < 4.78 is 43.7. The normalized spacial score (nSPS) is 13.4. The zero-order valence-corrected chi connectivity index (χ0v) is 14.5. The van der Waals surface area contributed by atoms with Crippen LogP contribution in [-0.2, 0) is 10.0 Å². The molecular weight excluding hydrogens is 354 g/mol. The van der Waals surface area contributed by atoms with E-state index in [-0.39, 0.29) is 9.92 Å². The Hall–Kier alpha value is -2.12. The molecule has 1 aliphatic rings. The maximum Gasteiger partial charge on any atom is 0.261 e. The van der Waals surface area contributed by atoms with Crippen LogP contribution in [0.4, 0.5) is 5.69 Å². The highest BCUT2D eigenvalue weighted by atomic mass is 35.5. The van der Waals surface area contributed by atoms with E-state index in [9.17, 15) is 8.42 Å². The molecule has 0 saturated carbocycles. The molecule has 0 atom stereocenters. The van der Waals surface area contributed by atoms with Crippen LogP contribution in [0.5, 0.6) is 17.2 Å². The first-order valence-corrected chi connectivity index (χ1v) is 9.20. The molecule has 0 unspecified atom stereocenters. The summed E-state index contributed by atoms with van der Waals surface area (Å²) in [7, 11) is -3.78. The molecule has 0 radical (unpaired) electrons. The Bertz CT molecular complexity index is 854. The topological polar surface area (TPSA) is 73.9 Å². The minimum Gasteiger partial charge on any atom is -0.492 e. The molecular formula is C16H16ClNO5S. The third-order valence-electron chi connectivity index (χ3n) is 3.31. The molecule has 3 rings (SSSR count). The predicted octanol–water partition coefficient (Wildman–Crippen LogP) is 3.31. The number of rotatable bonds is 5. The quantitative estimate of drug-likeness (QED) is 0.875. The number of nitrogens with one attached hydrogen (secondary N) is 1. The Morgan fingerprint density at radius 1 is 1.12 bits per heavy atom. The van der Waals surface area contributed by atoms with E-state index >= 15 is 0 Å². The Labute approximate surface area is 145 Å². The third-order valence-corrected chi connectivity index (χ3v) is 4.98. The Morgan fingerprint density at radius 2 is 1.88 bits per heavy atom. The van der Waals surface area contributed by atoms with E-state index in [4.69, 9.17) is 25.8 Å². The van der Waals surface area contributed by atoms with Crippen LogP contribution in [0.2, 0.25) is 5.02 Å². The molecule has 0 spiro atoms. The van der Waals surface area contributed by atoms with E-state index in [2.05, 4.69) is 4.72 Å². The molecule has 128 valence electrons. The molecule has 0 saturated heterocycles. The average Bonchev–Trinajstić information content (AvgIpc) is 2.56. The molecule has 0 fully saturated rings. The number of ether oxygens (including phenoxy) is 3. The number of hydrogen-bond donors (Lipinski definition) is 1. The van der Waals surface area contributed by atoms with Gasteiger partial charge >= 0.3 is 0 Å². The van der Waals surface area contributed by atoms with E-state index in [1.54, 1.807) is 18.2 Å². The zero-order chi connectivity index (χ0) is 17.2. The van der Waals surface area contributed by atoms with Crippen LogP contribution in [0.3, 0.4) is 0 Å². The summed E-state index contributed by atoms with van der Waals surface area (Å²) in [5.41, 5.74) is 0.379. The third kappa shape index (κ3) is 3.52. The van der Waals surface area contributed by atoms with Gasteiger partial charge in [-0.25, -0.2) is 8.42 Å². The van der Waals surface area contributed by atoms with E-state index in [1.165, 1.54) is 18.2 Å². The van der Waals surface area contributed by atoms with Crippen LogP contribution in [-0.4, -0.2) is 28.2 Å². The fraction of sp³-hybridized carbons (Fsp3) is 0.250. The summed E-state index contributed by atoms with van der Waals surface area (Å²) in [6.45, 7) is 3.17. The summed E-state index contributed by atoms with van der Waals surface area (Å²) in [6, 6.07) is 9.19. The fourth-order valence-corrected chi connectivity index (χ4v) is 3.62. The van der Waals surface area contributed by atoms with Gasteiger partial charge in [-0.05, 0) is 37.3 Å². The highest BCUT2D eigenvalue weighted by Crippen LogP contribution is 2.34. The predicted molar refractivity (Wildman–Crippen MR) is 90.9 cm³/mol. The second kappa shape index (κ2) is 6.78. The number of halogens is 1. The van der Waals surface area contributed by atoms with Crippen molar-refractivity contribution >= 4 is 27.3 Å². The molecule has 1 N–H and O–H groups in total. The highest BCUT2D eigenvalue weighted by molar-refractivity contribution is 7.92. The molecule has 0 bridgehead atoms. The molecule has 6 nitrogen and oxygen atoms in total. The zero-order valence-electron chi connectivity index (χ0n) is 12.9.